The first kappa shape index (κ1) is 19.1. The number of nitrogens with zero attached hydrogens (tertiary/aromatic N) is 3. The number of pyridine rings is 1. The van der Waals surface area contributed by atoms with E-state index in [1.54, 1.807) is 10.5 Å². The molecule has 0 aliphatic carbocycles. The predicted octanol–water partition coefficient (Wildman–Crippen LogP) is 3.74. The summed E-state index contributed by atoms with van der Waals surface area (Å²) < 4.78 is 7.70. The molecule has 7 heteroatoms. The second kappa shape index (κ2) is 7.75. The van der Waals surface area contributed by atoms with Crippen LogP contribution < -0.4 is 15.8 Å². The van der Waals surface area contributed by atoms with E-state index in [1.165, 1.54) is 5.56 Å². The Labute approximate surface area is 179 Å². The topological polar surface area (TPSA) is 94.5 Å². The number of hydrogen-bond acceptors (Lipinski definition) is 5. The van der Waals surface area contributed by atoms with Gasteiger partial charge in [0, 0.05) is 18.3 Å². The van der Waals surface area contributed by atoms with E-state index in [-0.39, 0.29) is 0 Å². The highest BCUT2D eigenvalue weighted by atomic mass is 16.5. The SMILES string of the molecule is Cc1cn2c(C(N)=O)cccc2c1-c1nc(NCc2ccccc2)c2c(n1)OCCC2. The molecule has 0 unspecified atom stereocenters. The molecule has 7 nitrogen and oxygen atoms in total. The Hall–Kier alpha value is -3.87. The van der Waals surface area contributed by atoms with Crippen molar-refractivity contribution in [3.8, 4) is 17.3 Å². The minimum atomic E-state index is -0.480. The number of hydrogen-bond donors (Lipinski definition) is 2. The number of fused-ring (bicyclic) bond motifs is 2. The lowest BCUT2D eigenvalue weighted by Crippen LogP contribution is -2.15. The fourth-order valence-corrected chi connectivity index (χ4v) is 4.08. The number of aromatic nitrogens is 3. The van der Waals surface area contributed by atoms with Gasteiger partial charge in [0.05, 0.1) is 17.7 Å². The van der Waals surface area contributed by atoms with E-state index >= 15 is 0 Å². The Morgan fingerprint density at radius 2 is 2.00 bits per heavy atom. The molecule has 4 heterocycles. The van der Waals surface area contributed by atoms with Crippen LogP contribution in [0.25, 0.3) is 16.9 Å². The second-order valence-electron chi connectivity index (χ2n) is 7.69. The molecule has 0 atom stereocenters. The van der Waals surface area contributed by atoms with Crippen LogP contribution in [-0.2, 0) is 13.0 Å². The Balaban J connectivity index is 1.62. The van der Waals surface area contributed by atoms with Crippen molar-refractivity contribution in [2.24, 2.45) is 5.73 Å². The summed E-state index contributed by atoms with van der Waals surface area (Å²) in [5.41, 5.74) is 10.8. The maximum absolute atomic E-state index is 11.9. The summed E-state index contributed by atoms with van der Waals surface area (Å²) in [5.74, 6) is 1.50. The molecular formula is C24H23N5O2. The van der Waals surface area contributed by atoms with E-state index in [0.29, 0.717) is 30.5 Å². The van der Waals surface area contributed by atoms with Crippen LogP contribution in [0.1, 0.15) is 33.6 Å². The van der Waals surface area contributed by atoms with Crippen LogP contribution in [0.5, 0.6) is 5.88 Å². The number of carbonyl (C=O) groups is 1. The Morgan fingerprint density at radius 3 is 2.81 bits per heavy atom. The van der Waals surface area contributed by atoms with Gasteiger partial charge < -0.3 is 20.2 Å². The highest BCUT2D eigenvalue weighted by molar-refractivity contribution is 5.93. The molecule has 4 aromatic rings. The lowest BCUT2D eigenvalue weighted by molar-refractivity contribution is 0.0994. The van der Waals surface area contributed by atoms with Gasteiger partial charge in [0.2, 0.25) is 5.88 Å². The summed E-state index contributed by atoms with van der Waals surface area (Å²) in [5, 5.41) is 3.48. The van der Waals surface area contributed by atoms with Gasteiger partial charge in [-0.3, -0.25) is 4.79 Å². The fourth-order valence-electron chi connectivity index (χ4n) is 4.08. The number of anilines is 1. The third-order valence-electron chi connectivity index (χ3n) is 5.56. The van der Waals surface area contributed by atoms with Gasteiger partial charge in [-0.05, 0) is 43.0 Å². The first-order valence-electron chi connectivity index (χ1n) is 10.3. The molecular weight excluding hydrogens is 390 g/mol. The van der Waals surface area contributed by atoms with Gasteiger partial charge in [-0.2, -0.15) is 4.98 Å². The van der Waals surface area contributed by atoms with Crippen LogP contribution in [0.15, 0.2) is 54.7 Å². The number of aryl methyl sites for hydroxylation is 1. The third kappa shape index (κ3) is 3.48. The van der Waals surface area contributed by atoms with E-state index in [4.69, 9.17) is 20.4 Å². The van der Waals surface area contributed by atoms with Crippen molar-refractivity contribution in [1.29, 1.82) is 0 Å². The summed E-state index contributed by atoms with van der Waals surface area (Å²) in [6, 6.07) is 15.7. The van der Waals surface area contributed by atoms with Crippen LogP contribution in [0.4, 0.5) is 5.82 Å². The van der Waals surface area contributed by atoms with E-state index < -0.39 is 5.91 Å². The van der Waals surface area contributed by atoms with Crippen molar-refractivity contribution in [3.63, 3.8) is 0 Å². The average Bonchev–Trinajstić information content (AvgIpc) is 3.13. The highest BCUT2D eigenvalue weighted by Crippen LogP contribution is 2.35. The largest absolute Gasteiger partial charge is 0.477 e. The molecule has 1 aromatic carbocycles. The molecule has 3 aromatic heterocycles. The van der Waals surface area contributed by atoms with Crippen molar-refractivity contribution in [3.05, 3.63) is 77.1 Å². The molecule has 0 spiro atoms. The average molecular weight is 413 g/mol. The molecule has 3 N–H and O–H groups in total. The van der Waals surface area contributed by atoms with E-state index in [2.05, 4.69) is 17.4 Å². The first-order chi connectivity index (χ1) is 15.1. The third-order valence-corrected chi connectivity index (χ3v) is 5.56. The number of rotatable bonds is 5. The number of amides is 1. The van der Waals surface area contributed by atoms with Crippen molar-refractivity contribution in [2.45, 2.75) is 26.3 Å². The number of primary amides is 1. The number of ether oxygens (including phenoxy) is 1. The zero-order valence-electron chi connectivity index (χ0n) is 17.3. The summed E-state index contributed by atoms with van der Waals surface area (Å²) in [6.45, 7) is 3.28. The maximum atomic E-state index is 11.9. The summed E-state index contributed by atoms with van der Waals surface area (Å²) in [7, 11) is 0. The van der Waals surface area contributed by atoms with Gasteiger partial charge in [-0.15, -0.1) is 0 Å². The van der Waals surface area contributed by atoms with E-state index in [1.807, 2.05) is 43.5 Å². The summed E-state index contributed by atoms with van der Waals surface area (Å²) in [6.07, 6.45) is 3.70. The van der Waals surface area contributed by atoms with Gasteiger partial charge >= 0.3 is 0 Å². The van der Waals surface area contributed by atoms with Crippen molar-refractivity contribution < 1.29 is 9.53 Å². The monoisotopic (exact) mass is 413 g/mol. The molecule has 1 aliphatic rings. The van der Waals surface area contributed by atoms with Crippen molar-refractivity contribution in [1.82, 2.24) is 14.4 Å². The van der Waals surface area contributed by atoms with Gasteiger partial charge in [-0.25, -0.2) is 4.98 Å². The molecule has 31 heavy (non-hydrogen) atoms. The molecule has 0 saturated carbocycles. The quantitative estimate of drug-likeness (QED) is 0.520. The molecule has 1 aliphatic heterocycles. The normalized spacial score (nSPS) is 12.9. The number of nitrogens with one attached hydrogen (secondary N) is 1. The number of benzene rings is 1. The summed E-state index contributed by atoms with van der Waals surface area (Å²) in [4.78, 5) is 21.5. The Kier molecular flexibility index (Phi) is 4.78. The highest BCUT2D eigenvalue weighted by Gasteiger charge is 2.23. The minimum absolute atomic E-state index is 0.420. The molecule has 1 amide bonds. The molecule has 0 fully saturated rings. The zero-order valence-corrected chi connectivity index (χ0v) is 17.3. The second-order valence-corrected chi connectivity index (χ2v) is 7.69. The molecule has 156 valence electrons. The van der Waals surface area contributed by atoms with E-state index in [0.717, 1.165) is 40.9 Å². The van der Waals surface area contributed by atoms with Crippen LogP contribution in [0.3, 0.4) is 0 Å². The summed E-state index contributed by atoms with van der Waals surface area (Å²) >= 11 is 0. The minimum Gasteiger partial charge on any atom is -0.477 e. The molecule has 0 bridgehead atoms. The van der Waals surface area contributed by atoms with Crippen molar-refractivity contribution in [2.75, 3.05) is 11.9 Å². The van der Waals surface area contributed by atoms with Crippen LogP contribution in [0, 0.1) is 6.92 Å². The molecule has 0 radical (unpaired) electrons. The molecule has 5 rings (SSSR count). The lowest BCUT2D eigenvalue weighted by Gasteiger charge is -2.20. The van der Waals surface area contributed by atoms with E-state index in [9.17, 15) is 4.79 Å². The lowest BCUT2D eigenvalue weighted by atomic mass is 10.1. The number of carbonyl (C=O) groups excluding carboxylic acids is 1. The smallest absolute Gasteiger partial charge is 0.265 e. The van der Waals surface area contributed by atoms with Crippen LogP contribution in [-0.4, -0.2) is 26.9 Å². The predicted molar refractivity (Wildman–Crippen MR) is 119 cm³/mol. The van der Waals surface area contributed by atoms with Gasteiger partial charge in [0.1, 0.15) is 11.5 Å². The standard InChI is InChI=1S/C24H23N5O2/c1-15-14-29-18(10-5-11-19(29)21(25)30)20(15)23-27-22(17-9-6-12-31-24(17)28-23)26-13-16-7-3-2-4-8-16/h2-5,7-8,10-11,14H,6,9,12-13H2,1H3,(H2,25,30)(H,26,27,28). The van der Waals surface area contributed by atoms with Crippen LogP contribution >= 0.6 is 0 Å². The Bertz CT molecular complexity index is 1280. The Morgan fingerprint density at radius 1 is 1.16 bits per heavy atom. The maximum Gasteiger partial charge on any atom is 0.265 e. The van der Waals surface area contributed by atoms with Gasteiger partial charge in [-0.1, -0.05) is 36.4 Å². The van der Waals surface area contributed by atoms with Gasteiger partial charge in [0.25, 0.3) is 5.91 Å². The fraction of sp³-hybridized carbons (Fsp3) is 0.208. The molecule has 0 saturated heterocycles. The zero-order chi connectivity index (χ0) is 21.4. The van der Waals surface area contributed by atoms with Gasteiger partial charge in [0.15, 0.2) is 5.82 Å². The van der Waals surface area contributed by atoms with Crippen LogP contribution in [0.2, 0.25) is 0 Å². The first-order valence-corrected chi connectivity index (χ1v) is 10.3. The number of nitrogens with two attached hydrogens (primary N) is 1. The van der Waals surface area contributed by atoms with Crippen molar-refractivity contribution >= 4 is 17.2 Å².